The first-order chi connectivity index (χ1) is 17.2. The summed E-state index contributed by atoms with van der Waals surface area (Å²) >= 11 is 0. The largest absolute Gasteiger partial charge is 0.478 e. The quantitative estimate of drug-likeness (QED) is 0.394. The van der Waals surface area contributed by atoms with Crippen LogP contribution in [0.5, 0.6) is 5.88 Å². The van der Waals surface area contributed by atoms with E-state index in [4.69, 9.17) is 4.74 Å². The molecule has 2 atom stereocenters. The van der Waals surface area contributed by atoms with Crippen LogP contribution in [-0.4, -0.2) is 66.2 Å². The first-order valence-electron chi connectivity index (χ1n) is 11.2. The summed E-state index contributed by atoms with van der Waals surface area (Å²) in [4.78, 5) is 23.9. The molecule has 1 aromatic carbocycles. The van der Waals surface area contributed by atoms with Gasteiger partial charge in [-0.1, -0.05) is 18.2 Å². The molecule has 0 spiro atoms. The number of benzene rings is 1. The monoisotopic (exact) mass is 502 g/mol. The summed E-state index contributed by atoms with van der Waals surface area (Å²) in [5.74, 6) is 0.357. The molecular weight excluding hydrogens is 477 g/mol. The first kappa shape index (κ1) is 24.9. The molecule has 0 aliphatic rings. The third-order valence-electron chi connectivity index (χ3n) is 5.78. The van der Waals surface area contributed by atoms with Crippen molar-refractivity contribution in [3.63, 3.8) is 0 Å². The van der Waals surface area contributed by atoms with E-state index in [1.807, 2.05) is 18.2 Å². The molecule has 0 saturated heterocycles. The number of amides is 2. The number of aromatic nitrogens is 6. The number of nitrogens with zero attached hydrogens (tertiary/aromatic N) is 7. The predicted octanol–water partition coefficient (Wildman–Crippen LogP) is 3.72. The van der Waals surface area contributed by atoms with Gasteiger partial charge in [0.05, 0.1) is 37.8 Å². The van der Waals surface area contributed by atoms with Gasteiger partial charge >= 0.3 is 12.2 Å². The zero-order valence-corrected chi connectivity index (χ0v) is 19.8. The lowest BCUT2D eigenvalue weighted by Crippen LogP contribution is -2.53. The average molecular weight is 503 g/mol. The Hall–Kier alpha value is -4.16. The molecule has 0 radical (unpaired) electrons. The van der Waals surface area contributed by atoms with E-state index in [2.05, 4.69) is 25.5 Å². The van der Waals surface area contributed by atoms with Crippen molar-refractivity contribution in [3.05, 3.63) is 60.8 Å². The lowest BCUT2D eigenvalue weighted by molar-refractivity contribution is -0.157. The van der Waals surface area contributed by atoms with Gasteiger partial charge < -0.3 is 19.4 Å². The molecule has 4 aromatic rings. The van der Waals surface area contributed by atoms with Crippen LogP contribution in [0.25, 0.3) is 16.9 Å². The number of carbonyl (C=O) groups is 1. The Bertz CT molecular complexity index is 1320. The van der Waals surface area contributed by atoms with Gasteiger partial charge in [0.1, 0.15) is 6.04 Å². The number of ether oxygens (including phenoxy) is 1. The summed E-state index contributed by atoms with van der Waals surface area (Å²) in [7, 11) is 1.51. The Morgan fingerprint density at radius 1 is 1.22 bits per heavy atom. The van der Waals surface area contributed by atoms with E-state index in [0.717, 1.165) is 15.9 Å². The number of methoxy groups -OCH3 is 1. The maximum Gasteiger partial charge on any atom is 0.410 e. The fourth-order valence-corrected chi connectivity index (χ4v) is 3.87. The predicted molar refractivity (Wildman–Crippen MR) is 124 cm³/mol. The molecule has 3 heterocycles. The molecule has 1 N–H and O–H groups in total. The second-order valence-electron chi connectivity index (χ2n) is 8.01. The minimum Gasteiger partial charge on any atom is -0.478 e. The van der Waals surface area contributed by atoms with Crippen molar-refractivity contribution in [1.82, 2.24) is 39.6 Å². The Balaban J connectivity index is 1.57. The molecule has 0 aliphatic heterocycles. The fraction of sp³-hybridized carbons (Fsp3) is 0.348. The van der Waals surface area contributed by atoms with Crippen LogP contribution in [0.1, 0.15) is 25.5 Å². The van der Waals surface area contributed by atoms with Gasteiger partial charge in [0, 0.05) is 30.7 Å². The molecule has 4 rings (SSSR count). The van der Waals surface area contributed by atoms with Crippen LogP contribution in [-0.2, 0) is 6.54 Å². The molecule has 3 aromatic heterocycles. The standard InChI is InChI=1S/C23H25F3N8O2/c1-4-33(22(35)31-19(23(24,25)26)14-34-28-8-9-29-34)15(2)16-6-5-7-17(12-16)18-13-32-11-10-27-20(32)21(30-18)36-3/h5-13,15,19H,4,14H2,1-3H3,(H,31,35)/t15-,19?/m1/s1. The molecule has 0 fully saturated rings. The third-order valence-corrected chi connectivity index (χ3v) is 5.78. The average Bonchev–Trinajstić information content (AvgIpc) is 3.55. The van der Waals surface area contributed by atoms with Crippen LogP contribution in [0.4, 0.5) is 18.0 Å². The molecule has 0 saturated carbocycles. The number of hydrogen-bond acceptors (Lipinski definition) is 6. The number of rotatable bonds is 8. The second kappa shape index (κ2) is 10.2. The molecule has 0 bridgehead atoms. The minimum atomic E-state index is -4.68. The van der Waals surface area contributed by atoms with Gasteiger partial charge in [-0.3, -0.25) is 0 Å². The van der Waals surface area contributed by atoms with Crippen LogP contribution < -0.4 is 10.1 Å². The van der Waals surface area contributed by atoms with Gasteiger partial charge in [-0.15, -0.1) is 0 Å². The number of urea groups is 1. The van der Waals surface area contributed by atoms with E-state index in [0.29, 0.717) is 17.2 Å². The highest BCUT2D eigenvalue weighted by molar-refractivity contribution is 5.75. The van der Waals surface area contributed by atoms with Gasteiger partial charge in [0.25, 0.3) is 5.88 Å². The molecule has 10 nitrogen and oxygen atoms in total. The number of imidazole rings is 1. The van der Waals surface area contributed by atoms with E-state index in [-0.39, 0.29) is 6.54 Å². The van der Waals surface area contributed by atoms with Crippen molar-refractivity contribution in [2.24, 2.45) is 0 Å². The molecule has 2 amide bonds. The third kappa shape index (κ3) is 5.24. The van der Waals surface area contributed by atoms with E-state index in [1.165, 1.54) is 24.4 Å². The van der Waals surface area contributed by atoms with Crippen LogP contribution in [0, 0.1) is 0 Å². The van der Waals surface area contributed by atoms with Gasteiger partial charge in [0.2, 0.25) is 0 Å². The number of carbonyl (C=O) groups excluding carboxylic acids is 1. The molecule has 13 heteroatoms. The van der Waals surface area contributed by atoms with Gasteiger partial charge in [-0.05, 0) is 25.5 Å². The van der Waals surface area contributed by atoms with Crippen molar-refractivity contribution in [2.45, 2.75) is 38.7 Å². The highest BCUT2D eigenvalue weighted by Crippen LogP contribution is 2.28. The molecule has 36 heavy (non-hydrogen) atoms. The molecular formula is C23H25F3N8O2. The highest BCUT2D eigenvalue weighted by Gasteiger charge is 2.42. The smallest absolute Gasteiger partial charge is 0.410 e. The summed E-state index contributed by atoms with van der Waals surface area (Å²) in [6.07, 6.45) is 3.08. The van der Waals surface area contributed by atoms with Crippen molar-refractivity contribution < 1.29 is 22.7 Å². The summed E-state index contributed by atoms with van der Waals surface area (Å²) in [5.41, 5.74) is 2.67. The van der Waals surface area contributed by atoms with Gasteiger partial charge in [-0.2, -0.15) is 28.2 Å². The Kier molecular flexibility index (Phi) is 7.08. The number of nitrogens with one attached hydrogen (secondary N) is 1. The topological polar surface area (TPSA) is 102 Å². The molecule has 1 unspecified atom stereocenters. The van der Waals surface area contributed by atoms with E-state index in [9.17, 15) is 18.0 Å². The highest BCUT2D eigenvalue weighted by atomic mass is 19.4. The summed E-state index contributed by atoms with van der Waals surface area (Å²) in [6.45, 7) is 3.02. The van der Waals surface area contributed by atoms with Gasteiger partial charge in [0.15, 0.2) is 5.65 Å². The van der Waals surface area contributed by atoms with E-state index < -0.39 is 30.8 Å². The van der Waals surface area contributed by atoms with Crippen molar-refractivity contribution in [3.8, 4) is 17.1 Å². The minimum absolute atomic E-state index is 0.189. The van der Waals surface area contributed by atoms with Crippen LogP contribution in [0.2, 0.25) is 0 Å². The first-order valence-corrected chi connectivity index (χ1v) is 11.2. The summed E-state index contributed by atoms with van der Waals surface area (Å²) in [5, 5.41) is 9.52. The molecule has 0 aliphatic carbocycles. The second-order valence-corrected chi connectivity index (χ2v) is 8.01. The number of fused-ring (bicyclic) bond motifs is 1. The lowest BCUT2D eigenvalue weighted by Gasteiger charge is -2.31. The normalized spacial score (nSPS) is 13.4. The maximum atomic E-state index is 13.6. The van der Waals surface area contributed by atoms with E-state index in [1.54, 1.807) is 42.9 Å². The Labute approximate surface area is 204 Å². The number of halogens is 3. The number of hydrogen-bond donors (Lipinski definition) is 1. The van der Waals surface area contributed by atoms with Crippen LogP contribution in [0.3, 0.4) is 0 Å². The summed E-state index contributed by atoms with van der Waals surface area (Å²) < 4.78 is 48.0. The van der Waals surface area contributed by atoms with E-state index >= 15 is 0 Å². The fourth-order valence-electron chi connectivity index (χ4n) is 3.87. The molecule has 190 valence electrons. The van der Waals surface area contributed by atoms with Crippen LogP contribution in [0.15, 0.2) is 55.2 Å². The SMILES string of the molecule is CCN(C(=O)NC(Cn1nccn1)C(F)(F)F)[C@H](C)c1cccc(-c2cn3ccnc3c(OC)n2)c1. The number of alkyl halides is 3. The zero-order valence-electron chi connectivity index (χ0n) is 19.8. The Morgan fingerprint density at radius 3 is 2.64 bits per heavy atom. The van der Waals surface area contributed by atoms with Gasteiger partial charge in [-0.25, -0.2) is 14.8 Å². The van der Waals surface area contributed by atoms with Crippen molar-refractivity contribution in [1.29, 1.82) is 0 Å². The maximum absolute atomic E-state index is 13.6. The summed E-state index contributed by atoms with van der Waals surface area (Å²) in [6, 6.07) is 3.81. The zero-order chi connectivity index (χ0) is 25.9. The Morgan fingerprint density at radius 2 is 1.97 bits per heavy atom. The van der Waals surface area contributed by atoms with Crippen LogP contribution >= 0.6 is 0 Å². The van der Waals surface area contributed by atoms with Crippen molar-refractivity contribution >= 4 is 11.7 Å². The lowest BCUT2D eigenvalue weighted by atomic mass is 10.0. The van der Waals surface area contributed by atoms with Crippen molar-refractivity contribution in [2.75, 3.05) is 13.7 Å².